The van der Waals surface area contributed by atoms with Gasteiger partial charge in [-0.25, -0.2) is 4.79 Å². The van der Waals surface area contributed by atoms with Gasteiger partial charge in [-0.1, -0.05) is 13.8 Å². The van der Waals surface area contributed by atoms with E-state index in [1.807, 2.05) is 17.7 Å². The van der Waals surface area contributed by atoms with Gasteiger partial charge in [-0.2, -0.15) is 0 Å². The number of rotatable bonds is 5. The van der Waals surface area contributed by atoms with Crippen molar-refractivity contribution in [1.29, 1.82) is 0 Å². The molecule has 0 unspecified atom stereocenters. The molecule has 0 saturated carbocycles. The number of hydrogen-bond acceptors (Lipinski definition) is 1. The molecule has 1 N–H and O–H groups in total. The molecule has 0 radical (unpaired) electrons. The van der Waals surface area contributed by atoms with E-state index in [0.29, 0.717) is 11.5 Å². The van der Waals surface area contributed by atoms with E-state index in [4.69, 9.17) is 5.11 Å². The van der Waals surface area contributed by atoms with E-state index in [0.717, 1.165) is 25.1 Å². The van der Waals surface area contributed by atoms with Gasteiger partial charge < -0.3 is 9.67 Å². The van der Waals surface area contributed by atoms with Gasteiger partial charge in [-0.3, -0.25) is 0 Å². The van der Waals surface area contributed by atoms with E-state index in [-0.39, 0.29) is 0 Å². The van der Waals surface area contributed by atoms with E-state index < -0.39 is 5.97 Å². The zero-order valence-electron chi connectivity index (χ0n) is 9.66. The maximum Gasteiger partial charge on any atom is 0.337 e. The van der Waals surface area contributed by atoms with E-state index in [2.05, 4.69) is 13.8 Å². The van der Waals surface area contributed by atoms with Crippen molar-refractivity contribution in [1.82, 2.24) is 4.57 Å². The van der Waals surface area contributed by atoms with Crippen LogP contribution in [-0.4, -0.2) is 15.6 Å². The van der Waals surface area contributed by atoms with Crippen molar-refractivity contribution in [3.63, 3.8) is 0 Å². The van der Waals surface area contributed by atoms with Crippen molar-refractivity contribution in [3.8, 4) is 0 Å². The molecule has 1 aromatic heterocycles. The van der Waals surface area contributed by atoms with Gasteiger partial charge in [-0.05, 0) is 31.7 Å². The molecule has 3 nitrogen and oxygen atoms in total. The van der Waals surface area contributed by atoms with Gasteiger partial charge in [0.2, 0.25) is 0 Å². The molecular weight excluding hydrogens is 190 g/mol. The first-order valence-corrected chi connectivity index (χ1v) is 5.57. The highest BCUT2D eigenvalue weighted by molar-refractivity contribution is 5.89. The van der Waals surface area contributed by atoms with Crippen LogP contribution in [0.1, 0.15) is 55.6 Å². The molecule has 15 heavy (non-hydrogen) atoms. The molecule has 0 atom stereocenters. The highest BCUT2D eigenvalue weighted by Crippen LogP contribution is 2.27. The summed E-state index contributed by atoms with van der Waals surface area (Å²) in [6.45, 7) is 7.08. The van der Waals surface area contributed by atoms with Gasteiger partial charge >= 0.3 is 5.97 Å². The summed E-state index contributed by atoms with van der Waals surface area (Å²) in [6, 6.07) is 1.71. The predicted molar refractivity (Wildman–Crippen MR) is 60.4 cm³/mol. The van der Waals surface area contributed by atoms with Crippen LogP contribution in [0.5, 0.6) is 0 Å². The fourth-order valence-corrected chi connectivity index (χ4v) is 2.07. The Morgan fingerprint density at radius 2 is 2.00 bits per heavy atom. The molecule has 0 spiro atoms. The Labute approximate surface area is 90.7 Å². The maximum absolute atomic E-state index is 11.1. The van der Waals surface area contributed by atoms with Crippen LogP contribution in [0.15, 0.2) is 12.3 Å². The molecule has 0 aliphatic heterocycles. The molecule has 3 heteroatoms. The number of carboxylic acids is 1. The van der Waals surface area contributed by atoms with Crippen LogP contribution >= 0.6 is 0 Å². The molecule has 0 bridgehead atoms. The Morgan fingerprint density at radius 1 is 1.40 bits per heavy atom. The smallest absolute Gasteiger partial charge is 0.337 e. The van der Waals surface area contributed by atoms with E-state index >= 15 is 0 Å². The summed E-state index contributed by atoms with van der Waals surface area (Å²) in [5.41, 5.74) is 1.44. The maximum atomic E-state index is 11.1. The molecule has 1 rings (SSSR count). The first kappa shape index (κ1) is 11.8. The normalized spacial score (nSPS) is 10.9. The van der Waals surface area contributed by atoms with E-state index in [1.54, 1.807) is 6.07 Å². The molecule has 0 fully saturated rings. The van der Waals surface area contributed by atoms with Crippen LogP contribution in [0.25, 0.3) is 0 Å². The number of aromatic carboxylic acids is 1. The quantitative estimate of drug-likeness (QED) is 0.809. The second-order valence-corrected chi connectivity index (χ2v) is 3.72. The van der Waals surface area contributed by atoms with Crippen molar-refractivity contribution in [2.75, 3.05) is 0 Å². The molecular formula is C12H19NO2. The number of aromatic nitrogens is 1. The van der Waals surface area contributed by atoms with Crippen LogP contribution in [0, 0.1) is 0 Å². The first-order valence-electron chi connectivity index (χ1n) is 5.57. The minimum absolute atomic E-state index is 0.353. The lowest BCUT2D eigenvalue weighted by molar-refractivity contribution is 0.0695. The molecule has 0 saturated heterocycles. The summed E-state index contributed by atoms with van der Waals surface area (Å²) in [5, 5.41) is 9.10. The zero-order chi connectivity index (χ0) is 11.4. The lowest BCUT2D eigenvalue weighted by Gasteiger charge is -2.16. The Bertz CT molecular complexity index is 337. The monoisotopic (exact) mass is 209 g/mol. The van der Waals surface area contributed by atoms with Crippen molar-refractivity contribution in [2.45, 2.75) is 46.1 Å². The minimum atomic E-state index is -0.816. The highest BCUT2D eigenvalue weighted by Gasteiger charge is 2.20. The largest absolute Gasteiger partial charge is 0.478 e. The average Bonchev–Trinajstić information content (AvgIpc) is 2.64. The first-order chi connectivity index (χ1) is 7.15. The standard InChI is InChI=1S/C12H19NO2/c1-4-9(5-2)11-10(12(14)15)7-8-13(11)6-3/h7-9H,4-6H2,1-3H3,(H,14,15). The van der Waals surface area contributed by atoms with Crippen LogP contribution in [0.4, 0.5) is 0 Å². The Kier molecular flexibility index (Phi) is 3.95. The lowest BCUT2D eigenvalue weighted by atomic mass is 9.96. The van der Waals surface area contributed by atoms with Gasteiger partial charge in [0.15, 0.2) is 0 Å². The highest BCUT2D eigenvalue weighted by atomic mass is 16.4. The van der Waals surface area contributed by atoms with Crippen LogP contribution in [0.3, 0.4) is 0 Å². The molecule has 1 aromatic rings. The minimum Gasteiger partial charge on any atom is -0.478 e. The number of aryl methyl sites for hydroxylation is 1. The molecule has 0 aliphatic rings. The van der Waals surface area contributed by atoms with Gasteiger partial charge in [0.1, 0.15) is 0 Å². The van der Waals surface area contributed by atoms with E-state index in [1.165, 1.54) is 0 Å². The topological polar surface area (TPSA) is 42.2 Å². The third-order valence-electron chi connectivity index (χ3n) is 2.95. The number of carboxylic acid groups (broad SMARTS) is 1. The van der Waals surface area contributed by atoms with Crippen molar-refractivity contribution >= 4 is 5.97 Å². The van der Waals surface area contributed by atoms with Gasteiger partial charge in [0.25, 0.3) is 0 Å². The molecule has 1 heterocycles. The van der Waals surface area contributed by atoms with E-state index in [9.17, 15) is 4.79 Å². The third-order valence-corrected chi connectivity index (χ3v) is 2.95. The van der Waals surface area contributed by atoms with Crippen LogP contribution < -0.4 is 0 Å². The molecule has 84 valence electrons. The van der Waals surface area contributed by atoms with Gasteiger partial charge in [-0.15, -0.1) is 0 Å². The van der Waals surface area contributed by atoms with Gasteiger partial charge in [0.05, 0.1) is 5.56 Å². The van der Waals surface area contributed by atoms with Crippen LogP contribution in [-0.2, 0) is 6.54 Å². The van der Waals surface area contributed by atoms with Crippen LogP contribution in [0.2, 0.25) is 0 Å². The third kappa shape index (κ3) is 2.22. The molecule has 0 amide bonds. The second kappa shape index (κ2) is 5.01. The summed E-state index contributed by atoms with van der Waals surface area (Å²) >= 11 is 0. The summed E-state index contributed by atoms with van der Waals surface area (Å²) in [5.74, 6) is -0.463. The number of hydrogen-bond donors (Lipinski definition) is 1. The fourth-order valence-electron chi connectivity index (χ4n) is 2.07. The SMILES string of the molecule is CCC(CC)c1c(C(=O)O)ccn1CC. The molecule has 0 aromatic carbocycles. The summed E-state index contributed by atoms with van der Waals surface area (Å²) in [6.07, 6.45) is 3.85. The zero-order valence-corrected chi connectivity index (χ0v) is 9.66. The fraction of sp³-hybridized carbons (Fsp3) is 0.583. The second-order valence-electron chi connectivity index (χ2n) is 3.72. The average molecular weight is 209 g/mol. The predicted octanol–water partition coefficient (Wildman–Crippen LogP) is 3.11. The lowest BCUT2D eigenvalue weighted by Crippen LogP contribution is -2.10. The van der Waals surface area contributed by atoms with Gasteiger partial charge in [0, 0.05) is 18.4 Å². The van der Waals surface area contributed by atoms with Crippen molar-refractivity contribution in [2.24, 2.45) is 0 Å². The number of carbonyl (C=O) groups is 1. The Morgan fingerprint density at radius 3 is 2.40 bits per heavy atom. The summed E-state index contributed by atoms with van der Waals surface area (Å²) in [7, 11) is 0. The summed E-state index contributed by atoms with van der Waals surface area (Å²) < 4.78 is 2.04. The van der Waals surface area contributed by atoms with Crippen molar-refractivity contribution in [3.05, 3.63) is 23.5 Å². The summed E-state index contributed by atoms with van der Waals surface area (Å²) in [4.78, 5) is 11.1. The molecule has 0 aliphatic carbocycles. The number of nitrogens with zero attached hydrogens (tertiary/aromatic N) is 1. The van der Waals surface area contributed by atoms with Crippen molar-refractivity contribution < 1.29 is 9.90 Å². The Balaban J connectivity index is 3.20. The Hall–Kier alpha value is -1.25.